The van der Waals surface area contributed by atoms with E-state index in [1.54, 1.807) is 7.11 Å². The van der Waals surface area contributed by atoms with Gasteiger partial charge in [0, 0.05) is 13.7 Å². The lowest BCUT2D eigenvalue weighted by Crippen LogP contribution is -2.32. The molecule has 0 aliphatic rings. The molecule has 21 heavy (non-hydrogen) atoms. The third-order valence-corrected chi connectivity index (χ3v) is 3.07. The van der Waals surface area contributed by atoms with Gasteiger partial charge >= 0.3 is 0 Å². The number of ether oxygens (including phenoxy) is 1. The Kier molecular flexibility index (Phi) is 12.4. The molecule has 0 bridgehead atoms. The zero-order valence-corrected chi connectivity index (χ0v) is 15.4. The van der Waals surface area contributed by atoms with Crippen LogP contribution in [0.25, 0.3) is 0 Å². The number of benzene rings is 1. The lowest BCUT2D eigenvalue weighted by Gasteiger charge is -2.06. The van der Waals surface area contributed by atoms with Crippen LogP contribution in [0.4, 0.5) is 0 Å². The highest BCUT2D eigenvalue weighted by molar-refractivity contribution is 14.0. The maximum absolute atomic E-state index is 5.85. The molecule has 120 valence electrons. The van der Waals surface area contributed by atoms with Crippen LogP contribution in [0.3, 0.4) is 0 Å². The number of aliphatic imine (C=N–C) groups is 1. The van der Waals surface area contributed by atoms with E-state index >= 15 is 0 Å². The highest BCUT2D eigenvalue weighted by atomic mass is 127. The fraction of sp³-hybridized carbons (Fsp3) is 0.562. The van der Waals surface area contributed by atoms with Crippen molar-refractivity contribution in [1.29, 1.82) is 0 Å². The van der Waals surface area contributed by atoms with E-state index in [0.717, 1.165) is 24.1 Å². The van der Waals surface area contributed by atoms with Gasteiger partial charge in [-0.15, -0.1) is 24.0 Å². The van der Waals surface area contributed by atoms with Crippen molar-refractivity contribution >= 4 is 29.9 Å². The van der Waals surface area contributed by atoms with Gasteiger partial charge in [0.15, 0.2) is 5.96 Å². The minimum atomic E-state index is 0. The van der Waals surface area contributed by atoms with Gasteiger partial charge in [0.05, 0.1) is 13.2 Å². The number of hydrogen-bond donors (Lipinski definition) is 2. The molecular weight excluding hydrogens is 377 g/mol. The molecule has 0 aliphatic heterocycles. The molecule has 0 fully saturated rings. The van der Waals surface area contributed by atoms with Gasteiger partial charge in [-0.05, 0) is 17.5 Å². The number of nitrogens with one attached hydrogen (secondary N) is 1. The Hall–Kier alpha value is -0.820. The van der Waals surface area contributed by atoms with E-state index in [1.165, 1.54) is 19.3 Å². The quantitative estimate of drug-likeness (QED) is 0.287. The largest absolute Gasteiger partial charge is 0.380 e. The molecule has 1 rings (SSSR count). The minimum absolute atomic E-state index is 0. The summed E-state index contributed by atoms with van der Waals surface area (Å²) in [5.74, 6) is 0.527. The number of nitrogens with two attached hydrogens (primary N) is 1. The van der Waals surface area contributed by atoms with Gasteiger partial charge in [0.1, 0.15) is 0 Å². The Morgan fingerprint density at radius 2 is 2.00 bits per heavy atom. The van der Waals surface area contributed by atoms with Gasteiger partial charge < -0.3 is 15.8 Å². The molecule has 0 unspecified atom stereocenters. The third-order valence-electron chi connectivity index (χ3n) is 3.07. The molecule has 4 nitrogen and oxygen atoms in total. The summed E-state index contributed by atoms with van der Waals surface area (Å²) in [4.78, 5) is 4.36. The first-order chi connectivity index (χ1) is 9.76. The van der Waals surface area contributed by atoms with Gasteiger partial charge in [-0.3, -0.25) is 0 Å². The van der Waals surface area contributed by atoms with Crippen molar-refractivity contribution in [3.05, 3.63) is 35.4 Å². The molecule has 0 amide bonds. The molecule has 5 heteroatoms. The van der Waals surface area contributed by atoms with Crippen molar-refractivity contribution in [3.8, 4) is 0 Å². The summed E-state index contributed by atoms with van der Waals surface area (Å²) in [6.07, 6.45) is 4.93. The summed E-state index contributed by atoms with van der Waals surface area (Å²) in [5, 5.41) is 3.15. The Morgan fingerprint density at radius 3 is 2.71 bits per heavy atom. The van der Waals surface area contributed by atoms with E-state index in [4.69, 9.17) is 10.5 Å². The van der Waals surface area contributed by atoms with Crippen molar-refractivity contribution in [2.45, 2.75) is 45.8 Å². The second-order valence-electron chi connectivity index (χ2n) is 4.94. The number of nitrogens with zero attached hydrogens (tertiary/aromatic N) is 1. The topological polar surface area (TPSA) is 59.6 Å². The smallest absolute Gasteiger partial charge is 0.188 e. The highest BCUT2D eigenvalue weighted by Gasteiger charge is 1.96. The number of halogens is 1. The normalized spacial score (nSPS) is 11.0. The first-order valence-corrected chi connectivity index (χ1v) is 7.36. The summed E-state index contributed by atoms with van der Waals surface area (Å²) in [6, 6.07) is 8.22. The molecule has 0 spiro atoms. The summed E-state index contributed by atoms with van der Waals surface area (Å²) in [5.41, 5.74) is 8.15. The number of unbranched alkanes of at least 4 members (excludes halogenated alkanes) is 3. The molecule has 0 heterocycles. The van der Waals surface area contributed by atoms with Crippen LogP contribution in [0.5, 0.6) is 0 Å². The minimum Gasteiger partial charge on any atom is -0.380 e. The molecule has 0 aliphatic carbocycles. The van der Waals surface area contributed by atoms with Crippen molar-refractivity contribution in [3.63, 3.8) is 0 Å². The van der Waals surface area contributed by atoms with Crippen LogP contribution in [0.15, 0.2) is 29.3 Å². The van der Waals surface area contributed by atoms with Crippen LogP contribution in [0.1, 0.15) is 43.7 Å². The Morgan fingerprint density at radius 1 is 1.24 bits per heavy atom. The zero-order valence-electron chi connectivity index (χ0n) is 13.1. The van der Waals surface area contributed by atoms with Crippen LogP contribution >= 0.6 is 24.0 Å². The second kappa shape index (κ2) is 12.9. The predicted molar refractivity (Wildman–Crippen MR) is 100 cm³/mol. The Labute approximate surface area is 145 Å². The van der Waals surface area contributed by atoms with Gasteiger partial charge in [-0.25, -0.2) is 4.99 Å². The molecule has 1 aromatic carbocycles. The van der Waals surface area contributed by atoms with Gasteiger partial charge in [0.2, 0.25) is 0 Å². The van der Waals surface area contributed by atoms with E-state index in [0.29, 0.717) is 19.1 Å². The first-order valence-electron chi connectivity index (χ1n) is 7.36. The van der Waals surface area contributed by atoms with Crippen LogP contribution < -0.4 is 11.1 Å². The number of hydrogen-bond acceptors (Lipinski definition) is 2. The van der Waals surface area contributed by atoms with Gasteiger partial charge in [0.25, 0.3) is 0 Å². The van der Waals surface area contributed by atoms with Crippen molar-refractivity contribution < 1.29 is 4.74 Å². The van der Waals surface area contributed by atoms with Crippen molar-refractivity contribution in [1.82, 2.24) is 5.32 Å². The number of guanidine groups is 1. The van der Waals surface area contributed by atoms with Crippen molar-refractivity contribution in [2.24, 2.45) is 10.7 Å². The predicted octanol–water partition coefficient (Wildman–Crippen LogP) is 3.44. The first kappa shape index (κ1) is 20.2. The molecule has 0 radical (unpaired) electrons. The Bertz CT molecular complexity index is 410. The maximum atomic E-state index is 5.85. The van der Waals surface area contributed by atoms with Gasteiger partial charge in [-0.1, -0.05) is 50.5 Å². The van der Waals surface area contributed by atoms with E-state index in [2.05, 4.69) is 29.4 Å². The van der Waals surface area contributed by atoms with Crippen LogP contribution in [0, 0.1) is 0 Å². The number of rotatable bonds is 9. The third kappa shape index (κ3) is 9.68. The lowest BCUT2D eigenvalue weighted by molar-refractivity contribution is 0.185. The molecular formula is C16H28IN3O. The highest BCUT2D eigenvalue weighted by Crippen LogP contribution is 2.07. The van der Waals surface area contributed by atoms with Crippen LogP contribution in [-0.2, 0) is 17.9 Å². The molecule has 1 aromatic rings. The van der Waals surface area contributed by atoms with E-state index in [1.807, 2.05) is 12.1 Å². The van der Waals surface area contributed by atoms with E-state index in [-0.39, 0.29) is 24.0 Å². The average molecular weight is 405 g/mol. The van der Waals surface area contributed by atoms with Crippen LogP contribution in [0.2, 0.25) is 0 Å². The summed E-state index contributed by atoms with van der Waals surface area (Å²) < 4.78 is 5.12. The lowest BCUT2D eigenvalue weighted by atomic mass is 10.1. The van der Waals surface area contributed by atoms with E-state index < -0.39 is 0 Å². The Balaban J connectivity index is 0.00000400. The van der Waals surface area contributed by atoms with Crippen LogP contribution in [-0.4, -0.2) is 19.6 Å². The van der Waals surface area contributed by atoms with Crippen molar-refractivity contribution in [2.75, 3.05) is 13.7 Å². The van der Waals surface area contributed by atoms with E-state index in [9.17, 15) is 0 Å². The maximum Gasteiger partial charge on any atom is 0.188 e. The second-order valence-corrected chi connectivity index (χ2v) is 4.94. The molecule has 3 N–H and O–H groups in total. The molecule has 0 atom stereocenters. The fourth-order valence-electron chi connectivity index (χ4n) is 1.99. The molecule has 0 aromatic heterocycles. The summed E-state index contributed by atoms with van der Waals surface area (Å²) >= 11 is 0. The molecule has 0 saturated heterocycles. The standard InChI is InChI=1S/C16H27N3O.HI/c1-3-4-5-6-10-18-16(17)19-12-14-8-7-9-15(11-14)13-20-2;/h7-9,11H,3-6,10,12-13H2,1-2H3,(H3,17,18,19);1H. The average Bonchev–Trinajstić information content (AvgIpc) is 2.46. The number of methoxy groups -OCH3 is 1. The summed E-state index contributed by atoms with van der Waals surface area (Å²) in [6.45, 7) is 4.34. The molecule has 0 saturated carbocycles. The zero-order chi connectivity index (χ0) is 14.6. The summed E-state index contributed by atoms with van der Waals surface area (Å²) in [7, 11) is 1.70. The SMILES string of the molecule is CCCCCCNC(N)=NCc1cccc(COC)c1.I. The monoisotopic (exact) mass is 405 g/mol. The van der Waals surface area contributed by atoms with Gasteiger partial charge in [-0.2, -0.15) is 0 Å². The fourth-order valence-corrected chi connectivity index (χ4v) is 1.99.